The lowest BCUT2D eigenvalue weighted by Crippen LogP contribution is -2.39. The number of fused-ring (bicyclic) bond motifs is 1. The van der Waals surface area contributed by atoms with Crippen molar-refractivity contribution in [1.82, 2.24) is 4.90 Å². The number of aryl methyl sites for hydroxylation is 1. The lowest BCUT2D eigenvalue weighted by molar-refractivity contribution is 0.0226. The fraction of sp³-hybridized carbons (Fsp3) is 0.571. The van der Waals surface area contributed by atoms with Gasteiger partial charge in [-0.2, -0.15) is 5.26 Å². The van der Waals surface area contributed by atoms with Crippen LogP contribution in [-0.4, -0.2) is 23.1 Å². The molecule has 1 amide bonds. The average molecular weight is 278 g/mol. The van der Waals surface area contributed by atoms with Crippen LogP contribution in [0.2, 0.25) is 0 Å². The molecule has 2 heterocycles. The average Bonchev–Trinajstić information content (AvgIpc) is 2.60. The first-order valence-corrected chi connectivity index (χ1v) is 7.12. The monoisotopic (exact) mass is 278 g/mol. The van der Waals surface area contributed by atoms with Crippen LogP contribution in [0.1, 0.15) is 41.7 Å². The Bertz CT molecular complexity index is 549. The van der Waals surface area contributed by atoms with E-state index in [1.807, 2.05) is 27.7 Å². The Morgan fingerprint density at radius 3 is 2.74 bits per heavy atom. The summed E-state index contributed by atoms with van der Waals surface area (Å²) in [4.78, 5) is 15.9. The summed E-state index contributed by atoms with van der Waals surface area (Å²) >= 11 is 1.61. The number of hydrogen-bond donors (Lipinski definition) is 0. The fourth-order valence-corrected chi connectivity index (χ4v) is 3.36. The van der Waals surface area contributed by atoms with Gasteiger partial charge in [-0.25, -0.2) is 4.79 Å². The van der Waals surface area contributed by atoms with Gasteiger partial charge in [0.1, 0.15) is 11.7 Å². The lowest BCUT2D eigenvalue weighted by Gasteiger charge is -2.30. The standard InChI is InChI=1S/C14H18N2O2S/c1-9-11(7-15)10-5-6-16(8-12(10)19-9)13(17)18-14(2,3)4/h5-6,8H2,1-4H3. The number of rotatable bonds is 0. The molecule has 0 atom stereocenters. The minimum absolute atomic E-state index is 0.275. The zero-order chi connectivity index (χ0) is 14.2. The van der Waals surface area contributed by atoms with E-state index in [-0.39, 0.29) is 6.09 Å². The Morgan fingerprint density at radius 1 is 1.47 bits per heavy atom. The van der Waals surface area contributed by atoms with Gasteiger partial charge < -0.3 is 9.64 Å². The van der Waals surface area contributed by atoms with Gasteiger partial charge in [0, 0.05) is 16.3 Å². The largest absolute Gasteiger partial charge is 0.444 e. The number of carbonyl (C=O) groups is 1. The zero-order valence-electron chi connectivity index (χ0n) is 11.7. The molecule has 1 aliphatic heterocycles. The van der Waals surface area contributed by atoms with E-state index < -0.39 is 5.60 Å². The van der Waals surface area contributed by atoms with Crippen molar-refractivity contribution >= 4 is 17.4 Å². The summed E-state index contributed by atoms with van der Waals surface area (Å²) in [5, 5.41) is 9.14. The smallest absolute Gasteiger partial charge is 0.410 e. The highest BCUT2D eigenvalue weighted by Crippen LogP contribution is 2.32. The minimum atomic E-state index is -0.472. The molecular formula is C14H18N2O2S. The quantitative estimate of drug-likeness (QED) is 0.732. The van der Waals surface area contributed by atoms with Gasteiger partial charge in [0.15, 0.2) is 0 Å². The van der Waals surface area contributed by atoms with Crippen molar-refractivity contribution in [2.24, 2.45) is 0 Å². The summed E-state index contributed by atoms with van der Waals surface area (Å²) in [5.41, 5.74) is 1.44. The molecule has 0 unspecified atom stereocenters. The van der Waals surface area contributed by atoms with Gasteiger partial charge in [-0.05, 0) is 39.7 Å². The van der Waals surface area contributed by atoms with Gasteiger partial charge in [0.05, 0.1) is 12.1 Å². The molecule has 2 rings (SSSR count). The van der Waals surface area contributed by atoms with E-state index in [9.17, 15) is 4.79 Å². The number of thiophene rings is 1. The van der Waals surface area contributed by atoms with Crippen LogP contribution in [0.5, 0.6) is 0 Å². The van der Waals surface area contributed by atoms with E-state index in [4.69, 9.17) is 10.00 Å². The van der Waals surface area contributed by atoms with Crippen molar-refractivity contribution < 1.29 is 9.53 Å². The predicted octanol–water partition coefficient (Wildman–Crippen LogP) is 3.22. The van der Waals surface area contributed by atoms with E-state index in [1.54, 1.807) is 16.2 Å². The second-order valence-corrected chi connectivity index (χ2v) is 7.01. The summed E-state index contributed by atoms with van der Waals surface area (Å²) in [6.07, 6.45) is 0.463. The molecule has 1 aliphatic rings. The van der Waals surface area contributed by atoms with E-state index in [0.29, 0.717) is 13.1 Å². The number of amides is 1. The molecule has 0 fully saturated rings. The number of carbonyl (C=O) groups excluding carboxylic acids is 1. The van der Waals surface area contributed by atoms with Gasteiger partial charge in [0.25, 0.3) is 0 Å². The molecule has 0 aromatic carbocycles. The molecule has 0 radical (unpaired) electrons. The third kappa shape index (κ3) is 2.90. The Hall–Kier alpha value is -1.54. The van der Waals surface area contributed by atoms with Gasteiger partial charge in [-0.1, -0.05) is 0 Å². The van der Waals surface area contributed by atoms with E-state index in [0.717, 1.165) is 27.3 Å². The first kappa shape index (κ1) is 13.9. The van der Waals surface area contributed by atoms with E-state index in [1.165, 1.54) is 0 Å². The normalized spacial score (nSPS) is 14.8. The van der Waals surface area contributed by atoms with Crippen molar-refractivity contribution in [3.05, 3.63) is 20.9 Å². The topological polar surface area (TPSA) is 53.3 Å². The molecule has 5 heteroatoms. The maximum Gasteiger partial charge on any atom is 0.410 e. The third-order valence-electron chi connectivity index (χ3n) is 3.00. The molecule has 4 nitrogen and oxygen atoms in total. The summed E-state index contributed by atoms with van der Waals surface area (Å²) in [5.74, 6) is 0. The van der Waals surface area contributed by atoms with Crippen molar-refractivity contribution in [2.45, 2.75) is 46.3 Å². The molecule has 0 saturated carbocycles. The first-order valence-electron chi connectivity index (χ1n) is 6.31. The summed E-state index contributed by atoms with van der Waals surface area (Å²) < 4.78 is 5.38. The van der Waals surface area contributed by atoms with Crippen molar-refractivity contribution in [1.29, 1.82) is 5.26 Å². The van der Waals surface area contributed by atoms with Crippen LogP contribution in [0.25, 0.3) is 0 Å². The van der Waals surface area contributed by atoms with Crippen LogP contribution in [0, 0.1) is 18.3 Å². The minimum Gasteiger partial charge on any atom is -0.444 e. The number of hydrogen-bond acceptors (Lipinski definition) is 4. The fourth-order valence-electron chi connectivity index (χ4n) is 2.17. The second kappa shape index (κ2) is 4.86. The maximum atomic E-state index is 12.0. The highest BCUT2D eigenvalue weighted by Gasteiger charge is 2.28. The van der Waals surface area contributed by atoms with E-state index in [2.05, 4.69) is 6.07 Å². The van der Waals surface area contributed by atoms with Gasteiger partial charge in [-0.3, -0.25) is 0 Å². The highest BCUT2D eigenvalue weighted by atomic mass is 32.1. The molecule has 1 aromatic heterocycles. The van der Waals surface area contributed by atoms with Crippen LogP contribution >= 0.6 is 11.3 Å². The zero-order valence-corrected chi connectivity index (χ0v) is 12.6. The Balaban J connectivity index is 2.15. The molecule has 0 saturated heterocycles. The van der Waals surface area contributed by atoms with Gasteiger partial charge in [-0.15, -0.1) is 11.3 Å². The van der Waals surface area contributed by atoms with Crippen molar-refractivity contribution in [3.63, 3.8) is 0 Å². The van der Waals surface area contributed by atoms with Crippen LogP contribution in [-0.2, 0) is 17.7 Å². The summed E-state index contributed by atoms with van der Waals surface area (Å²) in [6, 6.07) is 2.26. The molecule has 1 aromatic rings. The van der Waals surface area contributed by atoms with Crippen LogP contribution in [0.3, 0.4) is 0 Å². The maximum absolute atomic E-state index is 12.0. The SMILES string of the molecule is Cc1sc2c(c1C#N)CCN(C(=O)OC(C)(C)C)C2. The van der Waals surface area contributed by atoms with Gasteiger partial charge in [0.2, 0.25) is 0 Å². The molecule has 19 heavy (non-hydrogen) atoms. The molecule has 102 valence electrons. The number of nitrogens with zero attached hydrogens (tertiary/aromatic N) is 2. The number of nitriles is 1. The van der Waals surface area contributed by atoms with Crippen LogP contribution < -0.4 is 0 Å². The lowest BCUT2D eigenvalue weighted by atomic mass is 10.0. The first-order chi connectivity index (χ1) is 8.81. The molecule has 0 spiro atoms. The van der Waals surface area contributed by atoms with Crippen molar-refractivity contribution in [3.8, 4) is 6.07 Å². The summed E-state index contributed by atoms with van der Waals surface area (Å²) in [7, 11) is 0. The van der Waals surface area contributed by atoms with Crippen molar-refractivity contribution in [2.75, 3.05) is 6.54 Å². The number of ether oxygens (including phenoxy) is 1. The Morgan fingerprint density at radius 2 is 2.16 bits per heavy atom. The van der Waals surface area contributed by atoms with Crippen LogP contribution in [0.4, 0.5) is 4.79 Å². The second-order valence-electron chi connectivity index (χ2n) is 5.70. The molecular weight excluding hydrogens is 260 g/mol. The molecule has 0 N–H and O–H groups in total. The molecule has 0 aliphatic carbocycles. The predicted molar refractivity (Wildman–Crippen MR) is 74.1 cm³/mol. The third-order valence-corrected chi connectivity index (χ3v) is 4.13. The molecule has 0 bridgehead atoms. The highest BCUT2D eigenvalue weighted by molar-refractivity contribution is 7.12. The Kier molecular flexibility index (Phi) is 3.55. The van der Waals surface area contributed by atoms with Crippen LogP contribution in [0.15, 0.2) is 0 Å². The van der Waals surface area contributed by atoms with E-state index >= 15 is 0 Å². The summed E-state index contributed by atoms with van der Waals surface area (Å²) in [6.45, 7) is 8.72. The van der Waals surface area contributed by atoms with Gasteiger partial charge >= 0.3 is 6.09 Å². The Labute approximate surface area is 117 Å².